The summed E-state index contributed by atoms with van der Waals surface area (Å²) in [5.74, 6) is 0.278. The van der Waals surface area contributed by atoms with Crippen molar-refractivity contribution in [2.24, 2.45) is 0 Å². The van der Waals surface area contributed by atoms with Gasteiger partial charge in [-0.3, -0.25) is 4.79 Å². The standard InChI is InChI=1S/C28H25N3O5/c1-18-8-11-21(12-9-18)26-23(16-31(30-26)22-6-4-3-5-7-22)28(33)36-19(2)27(32)29-15-20-10-13-24-25(14-20)35-17-34-24/h3-14,16,19H,15,17H2,1-2H3,(H,29,32)/t19-/m1/s1. The number of aromatic nitrogens is 2. The Morgan fingerprint density at radius 2 is 1.78 bits per heavy atom. The fourth-order valence-corrected chi connectivity index (χ4v) is 3.82. The van der Waals surface area contributed by atoms with Crippen molar-refractivity contribution in [1.82, 2.24) is 15.1 Å². The second-order valence-corrected chi connectivity index (χ2v) is 8.49. The fourth-order valence-electron chi connectivity index (χ4n) is 3.82. The predicted molar refractivity (Wildman–Crippen MR) is 133 cm³/mol. The zero-order chi connectivity index (χ0) is 25.1. The normalized spacial score (nSPS) is 12.7. The molecule has 4 aromatic rings. The van der Waals surface area contributed by atoms with E-state index in [-0.39, 0.29) is 18.9 Å². The summed E-state index contributed by atoms with van der Waals surface area (Å²) in [6.45, 7) is 3.98. The van der Waals surface area contributed by atoms with Crippen LogP contribution < -0.4 is 14.8 Å². The van der Waals surface area contributed by atoms with Gasteiger partial charge >= 0.3 is 5.97 Å². The van der Waals surface area contributed by atoms with E-state index in [0.717, 1.165) is 22.4 Å². The third kappa shape index (κ3) is 4.93. The molecule has 0 aliphatic carbocycles. The number of fused-ring (bicyclic) bond motifs is 1. The SMILES string of the molecule is Cc1ccc(-c2nn(-c3ccccc3)cc2C(=O)O[C@H](C)C(=O)NCc2ccc3c(c2)OCO3)cc1. The largest absolute Gasteiger partial charge is 0.454 e. The van der Waals surface area contributed by atoms with Gasteiger partial charge in [0.25, 0.3) is 5.91 Å². The summed E-state index contributed by atoms with van der Waals surface area (Å²) in [5.41, 5.74) is 4.28. The first-order valence-electron chi connectivity index (χ1n) is 11.6. The number of nitrogens with zero attached hydrogens (tertiary/aromatic N) is 2. The molecule has 0 saturated heterocycles. The topological polar surface area (TPSA) is 91.7 Å². The summed E-state index contributed by atoms with van der Waals surface area (Å²) >= 11 is 0. The Morgan fingerprint density at radius 3 is 2.56 bits per heavy atom. The quantitative estimate of drug-likeness (QED) is 0.391. The minimum atomic E-state index is -1.00. The van der Waals surface area contributed by atoms with E-state index in [1.54, 1.807) is 23.9 Å². The Morgan fingerprint density at radius 1 is 1.03 bits per heavy atom. The molecule has 0 spiro atoms. The molecule has 1 atom stereocenters. The molecule has 8 nitrogen and oxygen atoms in total. The first-order valence-corrected chi connectivity index (χ1v) is 11.6. The van der Waals surface area contributed by atoms with Crippen LogP contribution in [-0.2, 0) is 16.1 Å². The fraction of sp³-hybridized carbons (Fsp3) is 0.179. The lowest BCUT2D eigenvalue weighted by atomic mass is 10.1. The number of rotatable bonds is 7. The van der Waals surface area contributed by atoms with E-state index in [9.17, 15) is 9.59 Å². The summed E-state index contributed by atoms with van der Waals surface area (Å²) in [5, 5.41) is 7.45. The number of para-hydroxylation sites is 1. The van der Waals surface area contributed by atoms with E-state index in [1.165, 1.54) is 0 Å². The number of esters is 1. The highest BCUT2D eigenvalue weighted by atomic mass is 16.7. The summed E-state index contributed by atoms with van der Waals surface area (Å²) in [4.78, 5) is 25.9. The van der Waals surface area contributed by atoms with Gasteiger partial charge in [-0.2, -0.15) is 5.10 Å². The van der Waals surface area contributed by atoms with Gasteiger partial charge in [0.05, 0.1) is 5.69 Å². The van der Waals surface area contributed by atoms with Crippen LogP contribution in [0, 0.1) is 6.92 Å². The number of carbonyl (C=O) groups excluding carboxylic acids is 2. The van der Waals surface area contributed by atoms with Crippen molar-refractivity contribution in [3.63, 3.8) is 0 Å². The number of hydrogen-bond acceptors (Lipinski definition) is 6. The summed E-state index contributed by atoms with van der Waals surface area (Å²) in [7, 11) is 0. The molecule has 8 heteroatoms. The minimum absolute atomic E-state index is 0.184. The lowest BCUT2D eigenvalue weighted by molar-refractivity contribution is -0.129. The molecule has 1 aromatic heterocycles. The molecule has 0 fully saturated rings. The maximum absolute atomic E-state index is 13.2. The van der Waals surface area contributed by atoms with Crippen LogP contribution in [0.15, 0.2) is 79.0 Å². The molecule has 182 valence electrons. The average Bonchev–Trinajstić information content (AvgIpc) is 3.55. The van der Waals surface area contributed by atoms with E-state index in [4.69, 9.17) is 14.2 Å². The van der Waals surface area contributed by atoms with Crippen LogP contribution >= 0.6 is 0 Å². The van der Waals surface area contributed by atoms with Crippen LogP contribution in [0.5, 0.6) is 11.5 Å². The van der Waals surface area contributed by atoms with Gasteiger partial charge in [0.1, 0.15) is 11.3 Å². The number of benzene rings is 3. The van der Waals surface area contributed by atoms with E-state index < -0.39 is 18.0 Å². The van der Waals surface area contributed by atoms with Crippen molar-refractivity contribution in [3.8, 4) is 28.4 Å². The van der Waals surface area contributed by atoms with Crippen molar-refractivity contribution in [2.75, 3.05) is 6.79 Å². The van der Waals surface area contributed by atoms with Gasteiger partial charge in [0, 0.05) is 18.3 Å². The second kappa shape index (κ2) is 9.95. The maximum Gasteiger partial charge on any atom is 0.342 e. The summed E-state index contributed by atoms with van der Waals surface area (Å²) in [6.07, 6.45) is 0.627. The van der Waals surface area contributed by atoms with E-state index in [1.807, 2.05) is 73.7 Å². The summed E-state index contributed by atoms with van der Waals surface area (Å²) in [6, 6.07) is 22.7. The molecule has 1 aliphatic rings. The highest BCUT2D eigenvalue weighted by Crippen LogP contribution is 2.32. The zero-order valence-electron chi connectivity index (χ0n) is 19.9. The van der Waals surface area contributed by atoms with Crippen LogP contribution in [0.2, 0.25) is 0 Å². The van der Waals surface area contributed by atoms with Gasteiger partial charge in [-0.05, 0) is 43.7 Å². The van der Waals surface area contributed by atoms with Crippen molar-refractivity contribution in [2.45, 2.75) is 26.5 Å². The van der Waals surface area contributed by atoms with Gasteiger partial charge in [0.15, 0.2) is 17.6 Å². The number of carbonyl (C=O) groups is 2. The van der Waals surface area contributed by atoms with Gasteiger partial charge in [-0.15, -0.1) is 0 Å². The number of ether oxygens (including phenoxy) is 3. The number of nitrogens with one attached hydrogen (secondary N) is 1. The van der Waals surface area contributed by atoms with Crippen LogP contribution in [0.4, 0.5) is 0 Å². The molecular weight excluding hydrogens is 458 g/mol. The maximum atomic E-state index is 13.2. The Hall–Kier alpha value is -4.59. The summed E-state index contributed by atoms with van der Waals surface area (Å²) < 4.78 is 17.9. The highest BCUT2D eigenvalue weighted by Gasteiger charge is 2.24. The monoisotopic (exact) mass is 483 g/mol. The molecule has 1 aliphatic heterocycles. The highest BCUT2D eigenvalue weighted by molar-refractivity contribution is 5.97. The second-order valence-electron chi connectivity index (χ2n) is 8.49. The lowest BCUT2D eigenvalue weighted by Gasteiger charge is -2.14. The molecule has 36 heavy (non-hydrogen) atoms. The van der Waals surface area contributed by atoms with E-state index in [0.29, 0.717) is 17.2 Å². The average molecular weight is 484 g/mol. The third-order valence-corrected chi connectivity index (χ3v) is 5.84. The first-order chi connectivity index (χ1) is 17.5. The molecule has 0 unspecified atom stereocenters. The molecule has 0 bridgehead atoms. The smallest absolute Gasteiger partial charge is 0.342 e. The lowest BCUT2D eigenvalue weighted by Crippen LogP contribution is -2.35. The third-order valence-electron chi connectivity index (χ3n) is 5.84. The van der Waals surface area contributed by atoms with Gasteiger partial charge in [0.2, 0.25) is 6.79 Å². The molecule has 2 heterocycles. The van der Waals surface area contributed by atoms with Crippen molar-refractivity contribution in [1.29, 1.82) is 0 Å². The van der Waals surface area contributed by atoms with Gasteiger partial charge < -0.3 is 19.5 Å². The Kier molecular flexibility index (Phi) is 6.40. The Bertz CT molecular complexity index is 1400. The van der Waals surface area contributed by atoms with E-state index in [2.05, 4.69) is 10.4 Å². The number of amides is 1. The zero-order valence-corrected chi connectivity index (χ0v) is 19.9. The Balaban J connectivity index is 1.31. The van der Waals surface area contributed by atoms with Crippen LogP contribution in [0.3, 0.4) is 0 Å². The van der Waals surface area contributed by atoms with Crippen molar-refractivity contribution in [3.05, 3.63) is 95.7 Å². The Labute approximate surface area is 208 Å². The van der Waals surface area contributed by atoms with Crippen LogP contribution in [-0.4, -0.2) is 34.6 Å². The van der Waals surface area contributed by atoms with Gasteiger partial charge in [-0.1, -0.05) is 54.1 Å². The van der Waals surface area contributed by atoms with Crippen molar-refractivity contribution < 1.29 is 23.8 Å². The molecule has 0 radical (unpaired) electrons. The van der Waals surface area contributed by atoms with Crippen LogP contribution in [0.1, 0.15) is 28.4 Å². The molecule has 1 N–H and O–H groups in total. The molecule has 1 amide bonds. The number of hydrogen-bond donors (Lipinski definition) is 1. The van der Waals surface area contributed by atoms with E-state index >= 15 is 0 Å². The predicted octanol–water partition coefficient (Wildman–Crippen LogP) is 4.44. The molecule has 0 saturated carbocycles. The van der Waals surface area contributed by atoms with Gasteiger partial charge in [-0.25, -0.2) is 9.48 Å². The minimum Gasteiger partial charge on any atom is -0.454 e. The molecule has 5 rings (SSSR count). The first kappa shape index (κ1) is 23.2. The van der Waals surface area contributed by atoms with Crippen molar-refractivity contribution >= 4 is 11.9 Å². The van der Waals surface area contributed by atoms with Crippen LogP contribution in [0.25, 0.3) is 16.9 Å². The molecule has 3 aromatic carbocycles. The molecular formula is C28H25N3O5. The number of aryl methyl sites for hydroxylation is 1.